The molecule has 0 radical (unpaired) electrons. The standard InChI is InChI=1S/C23H38O5/c1-3-5-10-14-25-18-21-23(27-17-19-12-8-7-9-13-19)20(16-22(24)28-21)26-15-11-6-4-2/h7-9,12-13,20-24H,3-6,10-11,14-18H2,1-2H3/t20-,21-,22?,23+/m1/s1. The van der Waals surface area contributed by atoms with Crippen LogP contribution in [0.1, 0.15) is 64.4 Å². The number of aliphatic hydroxyl groups excluding tert-OH is 1. The van der Waals surface area contributed by atoms with Crippen LogP contribution in [0.25, 0.3) is 0 Å². The van der Waals surface area contributed by atoms with Gasteiger partial charge >= 0.3 is 0 Å². The van der Waals surface area contributed by atoms with Crippen LogP contribution >= 0.6 is 0 Å². The third kappa shape index (κ3) is 8.58. The molecule has 0 aromatic heterocycles. The van der Waals surface area contributed by atoms with E-state index in [1.807, 2.05) is 30.3 Å². The van der Waals surface area contributed by atoms with E-state index in [0.29, 0.717) is 32.8 Å². The van der Waals surface area contributed by atoms with Gasteiger partial charge in [0.25, 0.3) is 0 Å². The fraction of sp³-hybridized carbons (Fsp3) is 0.739. The maximum atomic E-state index is 10.2. The molecule has 0 aliphatic carbocycles. The zero-order chi connectivity index (χ0) is 20.0. The SMILES string of the molecule is CCCCCOC[C@H]1OC(O)C[C@@H](OCCCCC)[C@@H]1OCc1ccccc1. The van der Waals surface area contributed by atoms with Crippen LogP contribution in [-0.2, 0) is 25.6 Å². The molecule has 1 unspecified atom stereocenters. The van der Waals surface area contributed by atoms with E-state index in [1.54, 1.807) is 0 Å². The van der Waals surface area contributed by atoms with Crippen LogP contribution in [0.15, 0.2) is 30.3 Å². The summed E-state index contributed by atoms with van der Waals surface area (Å²) in [6, 6.07) is 10.1. The molecule has 28 heavy (non-hydrogen) atoms. The topological polar surface area (TPSA) is 57.2 Å². The van der Waals surface area contributed by atoms with Crippen LogP contribution in [-0.4, -0.2) is 49.5 Å². The molecule has 4 atom stereocenters. The Hall–Kier alpha value is -0.980. The highest BCUT2D eigenvalue weighted by molar-refractivity contribution is 5.13. The Morgan fingerprint density at radius 1 is 0.964 bits per heavy atom. The first-order valence-electron chi connectivity index (χ1n) is 10.9. The Morgan fingerprint density at radius 2 is 1.68 bits per heavy atom. The van der Waals surface area contributed by atoms with E-state index in [-0.39, 0.29) is 18.3 Å². The molecular formula is C23H38O5. The quantitative estimate of drug-likeness (QED) is 0.472. The Balaban J connectivity index is 1.94. The van der Waals surface area contributed by atoms with Gasteiger partial charge in [0.05, 0.1) is 19.3 Å². The van der Waals surface area contributed by atoms with Gasteiger partial charge in [-0.1, -0.05) is 69.9 Å². The zero-order valence-corrected chi connectivity index (χ0v) is 17.6. The Kier molecular flexibility index (Phi) is 11.7. The van der Waals surface area contributed by atoms with Crippen molar-refractivity contribution in [1.82, 2.24) is 0 Å². The maximum absolute atomic E-state index is 10.2. The van der Waals surface area contributed by atoms with Gasteiger partial charge in [0.2, 0.25) is 0 Å². The van der Waals surface area contributed by atoms with E-state index in [0.717, 1.165) is 37.7 Å². The van der Waals surface area contributed by atoms with Crippen molar-refractivity contribution < 1.29 is 24.1 Å². The van der Waals surface area contributed by atoms with E-state index >= 15 is 0 Å². The monoisotopic (exact) mass is 394 g/mol. The average Bonchev–Trinajstić information content (AvgIpc) is 2.71. The van der Waals surface area contributed by atoms with Crippen LogP contribution < -0.4 is 0 Å². The molecule has 1 aromatic carbocycles. The summed E-state index contributed by atoms with van der Waals surface area (Å²) < 4.78 is 24.0. The number of hydrogen-bond acceptors (Lipinski definition) is 5. The second kappa shape index (κ2) is 14.1. The second-order valence-electron chi connectivity index (χ2n) is 7.52. The lowest BCUT2D eigenvalue weighted by Gasteiger charge is -2.39. The number of benzene rings is 1. The van der Waals surface area contributed by atoms with E-state index in [4.69, 9.17) is 18.9 Å². The fourth-order valence-electron chi connectivity index (χ4n) is 3.43. The van der Waals surface area contributed by atoms with Crippen molar-refractivity contribution in [1.29, 1.82) is 0 Å². The van der Waals surface area contributed by atoms with Crippen molar-refractivity contribution in [2.75, 3.05) is 19.8 Å². The van der Waals surface area contributed by atoms with Gasteiger partial charge in [-0.05, 0) is 18.4 Å². The molecule has 2 rings (SSSR count). The lowest BCUT2D eigenvalue weighted by atomic mass is 10.0. The van der Waals surface area contributed by atoms with Gasteiger partial charge in [-0.3, -0.25) is 0 Å². The van der Waals surface area contributed by atoms with E-state index in [1.165, 1.54) is 6.42 Å². The molecule has 0 bridgehead atoms. The minimum atomic E-state index is -0.836. The van der Waals surface area contributed by atoms with Crippen molar-refractivity contribution in [2.24, 2.45) is 0 Å². The molecule has 1 N–H and O–H groups in total. The maximum Gasteiger partial charge on any atom is 0.157 e. The van der Waals surface area contributed by atoms with Crippen molar-refractivity contribution in [3.8, 4) is 0 Å². The molecule has 1 aliphatic rings. The van der Waals surface area contributed by atoms with Gasteiger partial charge < -0.3 is 24.1 Å². The average molecular weight is 395 g/mol. The van der Waals surface area contributed by atoms with Gasteiger partial charge in [0.15, 0.2) is 6.29 Å². The number of aliphatic hydroxyl groups is 1. The summed E-state index contributed by atoms with van der Waals surface area (Å²) >= 11 is 0. The van der Waals surface area contributed by atoms with Gasteiger partial charge in [0.1, 0.15) is 12.2 Å². The predicted octanol–water partition coefficient (Wildman–Crippen LogP) is 4.46. The highest BCUT2D eigenvalue weighted by Crippen LogP contribution is 2.26. The largest absolute Gasteiger partial charge is 0.379 e. The molecule has 0 amide bonds. The smallest absolute Gasteiger partial charge is 0.157 e. The summed E-state index contributed by atoms with van der Waals surface area (Å²) in [6.45, 7) is 6.64. The Morgan fingerprint density at radius 3 is 2.39 bits per heavy atom. The summed E-state index contributed by atoms with van der Waals surface area (Å²) in [5.74, 6) is 0. The van der Waals surface area contributed by atoms with Crippen LogP contribution in [0.4, 0.5) is 0 Å². The van der Waals surface area contributed by atoms with E-state index < -0.39 is 6.29 Å². The lowest BCUT2D eigenvalue weighted by Crippen LogP contribution is -2.52. The first-order valence-corrected chi connectivity index (χ1v) is 10.9. The van der Waals surface area contributed by atoms with E-state index in [2.05, 4.69) is 13.8 Å². The molecular weight excluding hydrogens is 356 g/mol. The highest BCUT2D eigenvalue weighted by Gasteiger charge is 2.40. The first-order chi connectivity index (χ1) is 13.7. The van der Waals surface area contributed by atoms with Crippen molar-refractivity contribution in [3.63, 3.8) is 0 Å². The van der Waals surface area contributed by atoms with Crippen LogP contribution in [0.5, 0.6) is 0 Å². The minimum Gasteiger partial charge on any atom is -0.379 e. The molecule has 0 spiro atoms. The third-order valence-corrected chi connectivity index (χ3v) is 5.04. The molecule has 0 saturated carbocycles. The van der Waals surface area contributed by atoms with Crippen LogP contribution in [0, 0.1) is 0 Å². The molecule has 1 aromatic rings. The van der Waals surface area contributed by atoms with Gasteiger partial charge in [0, 0.05) is 19.6 Å². The van der Waals surface area contributed by atoms with Crippen molar-refractivity contribution in [3.05, 3.63) is 35.9 Å². The summed E-state index contributed by atoms with van der Waals surface area (Å²) in [5, 5.41) is 10.2. The molecule has 5 heteroatoms. The molecule has 1 saturated heterocycles. The molecule has 160 valence electrons. The Bertz CT molecular complexity index is 495. The molecule has 5 nitrogen and oxygen atoms in total. The summed E-state index contributed by atoms with van der Waals surface area (Å²) in [6.07, 6.45) is 5.51. The summed E-state index contributed by atoms with van der Waals surface area (Å²) in [5.41, 5.74) is 1.11. The lowest BCUT2D eigenvalue weighted by molar-refractivity contribution is -0.263. The molecule has 1 heterocycles. The summed E-state index contributed by atoms with van der Waals surface area (Å²) in [7, 11) is 0. The highest BCUT2D eigenvalue weighted by atomic mass is 16.6. The van der Waals surface area contributed by atoms with Gasteiger partial charge in [-0.15, -0.1) is 0 Å². The predicted molar refractivity (Wildman–Crippen MR) is 110 cm³/mol. The third-order valence-electron chi connectivity index (χ3n) is 5.04. The van der Waals surface area contributed by atoms with Gasteiger partial charge in [-0.2, -0.15) is 0 Å². The minimum absolute atomic E-state index is 0.187. The van der Waals surface area contributed by atoms with Crippen molar-refractivity contribution >= 4 is 0 Å². The van der Waals surface area contributed by atoms with Crippen molar-refractivity contribution in [2.45, 2.75) is 90.0 Å². The van der Waals surface area contributed by atoms with Crippen LogP contribution in [0.3, 0.4) is 0 Å². The van der Waals surface area contributed by atoms with E-state index in [9.17, 15) is 5.11 Å². The molecule has 1 fully saturated rings. The number of ether oxygens (including phenoxy) is 4. The normalized spacial score (nSPS) is 25.1. The second-order valence-corrected chi connectivity index (χ2v) is 7.52. The Labute approximate surface area is 170 Å². The summed E-state index contributed by atoms with van der Waals surface area (Å²) in [4.78, 5) is 0. The molecule has 1 aliphatic heterocycles. The first kappa shape index (κ1) is 23.3. The van der Waals surface area contributed by atoms with Crippen LogP contribution in [0.2, 0.25) is 0 Å². The number of hydrogen-bond donors (Lipinski definition) is 1. The fourth-order valence-corrected chi connectivity index (χ4v) is 3.43. The number of rotatable bonds is 14. The van der Waals surface area contributed by atoms with Gasteiger partial charge in [-0.25, -0.2) is 0 Å². The zero-order valence-electron chi connectivity index (χ0n) is 17.6. The number of unbranched alkanes of at least 4 members (excludes halogenated alkanes) is 4.